The third-order valence-electron chi connectivity index (χ3n) is 3.16. The van der Waals surface area contributed by atoms with E-state index in [4.69, 9.17) is 11.6 Å². The van der Waals surface area contributed by atoms with E-state index in [-0.39, 0.29) is 17.9 Å². The number of pyridine rings is 1. The summed E-state index contributed by atoms with van der Waals surface area (Å²) >= 11 is 5.87. The van der Waals surface area contributed by atoms with Gasteiger partial charge in [0, 0.05) is 24.9 Å². The van der Waals surface area contributed by atoms with Gasteiger partial charge in [0.2, 0.25) is 0 Å². The van der Waals surface area contributed by atoms with Crippen molar-refractivity contribution in [1.29, 1.82) is 0 Å². The van der Waals surface area contributed by atoms with Gasteiger partial charge in [-0.3, -0.25) is 9.78 Å². The molecule has 5 heteroatoms. The highest BCUT2D eigenvalue weighted by atomic mass is 35.5. The second kappa shape index (κ2) is 5.47. The summed E-state index contributed by atoms with van der Waals surface area (Å²) in [5, 5.41) is 12.8. The monoisotopic (exact) mass is 254 g/mol. The zero-order valence-corrected chi connectivity index (χ0v) is 10.2. The molecule has 1 fully saturated rings. The Morgan fingerprint density at radius 3 is 3.06 bits per heavy atom. The molecule has 1 aromatic rings. The molecule has 0 bridgehead atoms. The first-order chi connectivity index (χ1) is 8.18. The van der Waals surface area contributed by atoms with Crippen molar-refractivity contribution in [1.82, 2.24) is 10.3 Å². The molecule has 0 radical (unpaired) electrons. The molecule has 2 rings (SSSR count). The molecule has 1 amide bonds. The summed E-state index contributed by atoms with van der Waals surface area (Å²) < 4.78 is 0. The first-order valence-electron chi connectivity index (χ1n) is 5.74. The quantitative estimate of drug-likeness (QED) is 0.862. The number of aliphatic hydroxyl groups is 1. The second-order valence-electron chi connectivity index (χ2n) is 4.32. The van der Waals surface area contributed by atoms with Crippen LogP contribution in [0.3, 0.4) is 0 Å². The lowest BCUT2D eigenvalue weighted by atomic mass is 10.1. The summed E-state index contributed by atoms with van der Waals surface area (Å²) in [6, 6.07) is 1.59. The van der Waals surface area contributed by atoms with Crippen LogP contribution < -0.4 is 5.32 Å². The molecule has 0 spiro atoms. The van der Waals surface area contributed by atoms with Crippen LogP contribution in [0.5, 0.6) is 0 Å². The van der Waals surface area contributed by atoms with Gasteiger partial charge in [-0.1, -0.05) is 18.0 Å². The lowest BCUT2D eigenvalue weighted by molar-refractivity contribution is 0.0917. The molecule has 0 aliphatic heterocycles. The normalized spacial score (nSPS) is 23.6. The van der Waals surface area contributed by atoms with Crippen LogP contribution in [0.2, 0.25) is 5.02 Å². The number of rotatable bonds is 3. The number of hydrogen-bond acceptors (Lipinski definition) is 3. The predicted octanol–water partition coefficient (Wildman–Crippen LogP) is 1.63. The van der Waals surface area contributed by atoms with Crippen LogP contribution >= 0.6 is 11.6 Å². The number of halogens is 1. The zero-order valence-electron chi connectivity index (χ0n) is 9.40. The Morgan fingerprint density at radius 2 is 2.41 bits per heavy atom. The molecule has 1 aliphatic rings. The maximum Gasteiger partial charge on any atom is 0.252 e. The van der Waals surface area contributed by atoms with Crippen LogP contribution in [0, 0.1) is 5.92 Å². The van der Waals surface area contributed by atoms with Gasteiger partial charge < -0.3 is 10.4 Å². The van der Waals surface area contributed by atoms with Crippen molar-refractivity contribution in [2.45, 2.75) is 25.4 Å². The Morgan fingerprint density at radius 1 is 1.59 bits per heavy atom. The second-order valence-corrected chi connectivity index (χ2v) is 4.73. The summed E-state index contributed by atoms with van der Waals surface area (Å²) in [4.78, 5) is 15.6. The molecule has 92 valence electrons. The summed E-state index contributed by atoms with van der Waals surface area (Å²) in [5.41, 5.74) is 0.425. The van der Waals surface area contributed by atoms with E-state index in [0.29, 0.717) is 17.1 Å². The number of hydrogen-bond donors (Lipinski definition) is 2. The Hall–Kier alpha value is -1.13. The molecular weight excluding hydrogens is 240 g/mol. The van der Waals surface area contributed by atoms with E-state index in [9.17, 15) is 9.90 Å². The lowest BCUT2D eigenvalue weighted by Crippen LogP contribution is -2.32. The Kier molecular flexibility index (Phi) is 3.97. The summed E-state index contributed by atoms with van der Waals surface area (Å²) in [6.07, 6.45) is 5.51. The van der Waals surface area contributed by atoms with Crippen molar-refractivity contribution in [2.24, 2.45) is 5.92 Å². The number of aliphatic hydroxyl groups excluding tert-OH is 1. The van der Waals surface area contributed by atoms with E-state index >= 15 is 0 Å². The molecule has 1 saturated carbocycles. The standard InChI is InChI=1S/C12H15ClN2O2/c13-10-7-14-5-4-9(10)12(17)15-6-8-2-1-3-11(8)16/h4-5,7-8,11,16H,1-3,6H2,(H,15,17). The minimum Gasteiger partial charge on any atom is -0.393 e. The molecule has 17 heavy (non-hydrogen) atoms. The first kappa shape index (κ1) is 12.3. The highest BCUT2D eigenvalue weighted by Crippen LogP contribution is 2.24. The van der Waals surface area contributed by atoms with E-state index in [2.05, 4.69) is 10.3 Å². The molecule has 1 aliphatic carbocycles. The Bertz CT molecular complexity index is 411. The molecule has 0 aromatic carbocycles. The third kappa shape index (κ3) is 2.96. The third-order valence-corrected chi connectivity index (χ3v) is 3.46. The minimum atomic E-state index is -0.289. The first-order valence-corrected chi connectivity index (χ1v) is 6.12. The van der Waals surface area contributed by atoms with Gasteiger partial charge in [-0.05, 0) is 18.9 Å². The smallest absolute Gasteiger partial charge is 0.252 e. The molecule has 2 atom stereocenters. The fourth-order valence-electron chi connectivity index (χ4n) is 2.13. The Balaban J connectivity index is 1.91. The largest absolute Gasteiger partial charge is 0.393 e. The number of aromatic nitrogens is 1. The van der Waals surface area contributed by atoms with Gasteiger partial charge in [0.05, 0.1) is 16.7 Å². The van der Waals surface area contributed by atoms with Crippen molar-refractivity contribution >= 4 is 17.5 Å². The van der Waals surface area contributed by atoms with E-state index in [0.717, 1.165) is 19.3 Å². The molecule has 1 heterocycles. The number of nitrogens with one attached hydrogen (secondary N) is 1. The van der Waals surface area contributed by atoms with Crippen LogP contribution in [0.1, 0.15) is 29.6 Å². The molecular formula is C12H15ClN2O2. The summed E-state index contributed by atoms with van der Waals surface area (Å²) in [5.74, 6) is -0.0453. The van der Waals surface area contributed by atoms with Gasteiger partial charge in [-0.2, -0.15) is 0 Å². The van der Waals surface area contributed by atoms with Crippen molar-refractivity contribution < 1.29 is 9.90 Å². The topological polar surface area (TPSA) is 62.2 Å². The highest BCUT2D eigenvalue weighted by molar-refractivity contribution is 6.33. The molecule has 1 aromatic heterocycles. The predicted molar refractivity (Wildman–Crippen MR) is 64.9 cm³/mol. The van der Waals surface area contributed by atoms with Crippen LogP contribution in [-0.2, 0) is 0 Å². The van der Waals surface area contributed by atoms with E-state index in [1.54, 1.807) is 6.07 Å². The van der Waals surface area contributed by atoms with E-state index < -0.39 is 0 Å². The van der Waals surface area contributed by atoms with Gasteiger partial charge in [-0.25, -0.2) is 0 Å². The number of nitrogens with zero attached hydrogens (tertiary/aromatic N) is 1. The van der Waals surface area contributed by atoms with Gasteiger partial charge in [0.15, 0.2) is 0 Å². The van der Waals surface area contributed by atoms with Gasteiger partial charge in [0.1, 0.15) is 0 Å². The van der Waals surface area contributed by atoms with Crippen LogP contribution in [-0.4, -0.2) is 28.6 Å². The fraction of sp³-hybridized carbons (Fsp3) is 0.500. The SMILES string of the molecule is O=C(NCC1CCCC1O)c1ccncc1Cl. The van der Waals surface area contributed by atoms with Gasteiger partial charge in [0.25, 0.3) is 5.91 Å². The molecule has 2 unspecified atom stereocenters. The average molecular weight is 255 g/mol. The van der Waals surface area contributed by atoms with E-state index in [1.807, 2.05) is 0 Å². The maximum atomic E-state index is 11.8. The minimum absolute atomic E-state index is 0.166. The fourth-order valence-corrected chi connectivity index (χ4v) is 2.34. The van der Waals surface area contributed by atoms with Crippen molar-refractivity contribution in [3.63, 3.8) is 0 Å². The molecule has 4 nitrogen and oxygen atoms in total. The molecule has 0 saturated heterocycles. The number of amides is 1. The van der Waals surface area contributed by atoms with Gasteiger partial charge in [-0.15, -0.1) is 0 Å². The van der Waals surface area contributed by atoms with E-state index in [1.165, 1.54) is 12.4 Å². The summed E-state index contributed by atoms with van der Waals surface area (Å²) in [6.45, 7) is 0.499. The summed E-state index contributed by atoms with van der Waals surface area (Å²) in [7, 11) is 0. The number of carbonyl (C=O) groups excluding carboxylic acids is 1. The van der Waals surface area contributed by atoms with Crippen LogP contribution in [0.15, 0.2) is 18.5 Å². The lowest BCUT2D eigenvalue weighted by Gasteiger charge is -2.15. The van der Waals surface area contributed by atoms with Gasteiger partial charge >= 0.3 is 0 Å². The zero-order chi connectivity index (χ0) is 12.3. The highest BCUT2D eigenvalue weighted by Gasteiger charge is 2.25. The van der Waals surface area contributed by atoms with Crippen molar-refractivity contribution in [3.8, 4) is 0 Å². The molecule has 2 N–H and O–H groups in total. The number of carbonyl (C=O) groups is 1. The maximum absolute atomic E-state index is 11.8. The van der Waals surface area contributed by atoms with Crippen molar-refractivity contribution in [2.75, 3.05) is 6.54 Å². The Labute approximate surface area is 105 Å². The van der Waals surface area contributed by atoms with Crippen LogP contribution in [0.25, 0.3) is 0 Å². The van der Waals surface area contributed by atoms with Crippen LogP contribution in [0.4, 0.5) is 0 Å². The van der Waals surface area contributed by atoms with Crippen molar-refractivity contribution in [3.05, 3.63) is 29.0 Å². The average Bonchev–Trinajstić information content (AvgIpc) is 2.72.